The molecule has 37 heavy (non-hydrogen) atoms. The van der Waals surface area contributed by atoms with Crippen molar-refractivity contribution in [3.8, 4) is 11.8 Å². The number of amides is 3. The number of methoxy groups -OCH3 is 1. The van der Waals surface area contributed by atoms with Crippen LogP contribution < -0.4 is 15.4 Å². The van der Waals surface area contributed by atoms with Gasteiger partial charge in [-0.3, -0.25) is 14.4 Å². The van der Waals surface area contributed by atoms with Crippen molar-refractivity contribution in [2.45, 2.75) is 37.3 Å². The predicted molar refractivity (Wildman–Crippen MR) is 137 cm³/mol. The minimum Gasteiger partial charge on any atom is -0.496 e. The zero-order valence-corrected chi connectivity index (χ0v) is 20.6. The van der Waals surface area contributed by atoms with Crippen LogP contribution in [0.25, 0.3) is 10.9 Å². The van der Waals surface area contributed by atoms with Crippen LogP contribution in [-0.4, -0.2) is 59.9 Å². The lowest BCUT2D eigenvalue weighted by Gasteiger charge is -2.28. The van der Waals surface area contributed by atoms with Crippen LogP contribution in [0.15, 0.2) is 54.6 Å². The molecular formula is C28H29N5O4. The van der Waals surface area contributed by atoms with Crippen LogP contribution in [0.4, 0.5) is 0 Å². The highest BCUT2D eigenvalue weighted by Crippen LogP contribution is 2.35. The number of H-pyrrole nitrogens is 1. The number of nitrogens with one attached hydrogen (secondary N) is 3. The van der Waals surface area contributed by atoms with Gasteiger partial charge in [-0.05, 0) is 43.0 Å². The molecule has 3 heterocycles. The first-order chi connectivity index (χ1) is 18.0. The van der Waals surface area contributed by atoms with Gasteiger partial charge in [0.25, 0.3) is 5.91 Å². The van der Waals surface area contributed by atoms with Crippen LogP contribution >= 0.6 is 0 Å². The molecule has 0 radical (unpaired) electrons. The van der Waals surface area contributed by atoms with Gasteiger partial charge in [0.1, 0.15) is 23.5 Å². The van der Waals surface area contributed by atoms with E-state index in [9.17, 15) is 19.6 Å². The molecule has 2 aliphatic rings. The van der Waals surface area contributed by atoms with Crippen molar-refractivity contribution in [2.24, 2.45) is 5.92 Å². The number of nitriles is 1. The molecule has 0 unspecified atom stereocenters. The normalized spacial score (nSPS) is 21.9. The van der Waals surface area contributed by atoms with E-state index in [1.807, 2.05) is 48.5 Å². The summed E-state index contributed by atoms with van der Waals surface area (Å²) in [6.45, 7) is 0.969. The summed E-state index contributed by atoms with van der Waals surface area (Å²) in [5.74, 6) is -0.656. The number of carbonyl (C=O) groups is 3. The Hall–Kier alpha value is -4.32. The Morgan fingerprint density at radius 2 is 2.00 bits per heavy atom. The largest absolute Gasteiger partial charge is 0.496 e. The van der Waals surface area contributed by atoms with Crippen LogP contribution in [0.2, 0.25) is 0 Å². The van der Waals surface area contributed by atoms with Crippen molar-refractivity contribution in [2.75, 3.05) is 20.2 Å². The highest BCUT2D eigenvalue weighted by Gasteiger charge is 2.44. The summed E-state index contributed by atoms with van der Waals surface area (Å²) in [6, 6.07) is 17.4. The van der Waals surface area contributed by atoms with Crippen LogP contribution in [0.1, 0.15) is 41.2 Å². The average molecular weight is 500 g/mol. The van der Waals surface area contributed by atoms with Crippen LogP contribution in [0, 0.1) is 17.2 Å². The molecule has 2 fully saturated rings. The van der Waals surface area contributed by atoms with Crippen molar-refractivity contribution in [1.82, 2.24) is 20.5 Å². The number of aromatic amines is 1. The molecule has 2 aliphatic heterocycles. The monoisotopic (exact) mass is 499 g/mol. The van der Waals surface area contributed by atoms with Crippen molar-refractivity contribution in [1.29, 1.82) is 5.26 Å². The number of likely N-dealkylation sites (tertiary alicyclic amines) is 1. The van der Waals surface area contributed by atoms with Crippen molar-refractivity contribution >= 4 is 28.6 Å². The fraction of sp³-hybridized carbons (Fsp3) is 0.357. The van der Waals surface area contributed by atoms with Gasteiger partial charge in [-0.1, -0.05) is 36.4 Å². The van der Waals surface area contributed by atoms with Gasteiger partial charge in [0.2, 0.25) is 11.8 Å². The second kappa shape index (κ2) is 10.3. The fourth-order valence-corrected chi connectivity index (χ4v) is 5.52. The van der Waals surface area contributed by atoms with E-state index in [4.69, 9.17) is 4.74 Å². The van der Waals surface area contributed by atoms with Gasteiger partial charge in [0, 0.05) is 35.8 Å². The van der Waals surface area contributed by atoms with Crippen LogP contribution in [0.5, 0.6) is 5.75 Å². The molecule has 9 nitrogen and oxygen atoms in total. The number of rotatable bonds is 7. The average Bonchev–Trinajstić information content (AvgIpc) is 3.66. The summed E-state index contributed by atoms with van der Waals surface area (Å²) in [6.07, 6.45) is 1.49. The lowest BCUT2D eigenvalue weighted by molar-refractivity contribution is -0.126. The summed E-state index contributed by atoms with van der Waals surface area (Å²) in [5.41, 5.74) is 2.09. The number of carbonyl (C=O) groups excluding carboxylic acids is 3. The SMILES string of the molecule is COc1cccc2[nH]c(C(=O)N3CC[C@H](c4ccccc4)[C@H]3C(=O)N[C@H](C#N)C[C@@H]3CCNC3=O)cc12. The number of fused-ring (bicyclic) bond motifs is 1. The zero-order chi connectivity index (χ0) is 25.9. The molecule has 2 aromatic carbocycles. The predicted octanol–water partition coefficient (Wildman–Crippen LogP) is 2.71. The van der Waals surface area contributed by atoms with E-state index >= 15 is 0 Å². The Labute approximate surface area is 214 Å². The number of hydrogen-bond donors (Lipinski definition) is 3. The maximum atomic E-state index is 13.7. The quantitative estimate of drug-likeness (QED) is 0.461. The van der Waals surface area contributed by atoms with Crippen molar-refractivity contribution < 1.29 is 19.1 Å². The molecule has 3 N–H and O–H groups in total. The van der Waals surface area contributed by atoms with Gasteiger partial charge in [-0.15, -0.1) is 0 Å². The molecule has 190 valence electrons. The molecule has 3 amide bonds. The van der Waals surface area contributed by atoms with E-state index < -0.39 is 18.0 Å². The van der Waals surface area contributed by atoms with Crippen molar-refractivity contribution in [3.63, 3.8) is 0 Å². The van der Waals surface area contributed by atoms with Gasteiger partial charge in [-0.25, -0.2) is 0 Å². The Bertz CT molecular complexity index is 1360. The third-order valence-electron chi connectivity index (χ3n) is 7.38. The van der Waals surface area contributed by atoms with Gasteiger partial charge in [0.05, 0.1) is 13.2 Å². The van der Waals surface area contributed by atoms with Gasteiger partial charge in [0.15, 0.2) is 0 Å². The molecule has 0 spiro atoms. The van der Waals surface area contributed by atoms with Crippen LogP contribution in [-0.2, 0) is 9.59 Å². The van der Waals surface area contributed by atoms with Crippen LogP contribution in [0.3, 0.4) is 0 Å². The molecule has 2 saturated heterocycles. The maximum Gasteiger partial charge on any atom is 0.271 e. The number of hydrogen-bond acceptors (Lipinski definition) is 5. The molecule has 4 atom stereocenters. The first-order valence-electron chi connectivity index (χ1n) is 12.5. The van der Waals surface area contributed by atoms with E-state index in [0.29, 0.717) is 37.4 Å². The topological polar surface area (TPSA) is 127 Å². The van der Waals surface area contributed by atoms with Gasteiger partial charge >= 0.3 is 0 Å². The Balaban J connectivity index is 1.43. The smallest absolute Gasteiger partial charge is 0.271 e. The Morgan fingerprint density at radius 3 is 2.70 bits per heavy atom. The zero-order valence-electron chi connectivity index (χ0n) is 20.6. The molecule has 0 bridgehead atoms. The summed E-state index contributed by atoms with van der Waals surface area (Å²) < 4.78 is 5.43. The number of ether oxygens (including phenoxy) is 1. The molecule has 9 heteroatoms. The van der Waals surface area contributed by atoms with E-state index in [0.717, 1.165) is 16.5 Å². The highest BCUT2D eigenvalue weighted by atomic mass is 16.5. The second-order valence-corrected chi connectivity index (χ2v) is 9.56. The lowest BCUT2D eigenvalue weighted by Crippen LogP contribution is -2.51. The van der Waals surface area contributed by atoms with E-state index in [-0.39, 0.29) is 30.1 Å². The fourth-order valence-electron chi connectivity index (χ4n) is 5.52. The highest BCUT2D eigenvalue weighted by molar-refractivity contribution is 6.02. The first kappa shape index (κ1) is 24.4. The summed E-state index contributed by atoms with van der Waals surface area (Å²) >= 11 is 0. The number of benzene rings is 2. The van der Waals surface area contributed by atoms with E-state index in [1.165, 1.54) is 0 Å². The third-order valence-corrected chi connectivity index (χ3v) is 7.38. The molecule has 5 rings (SSSR count). The van der Waals surface area contributed by atoms with Crippen molar-refractivity contribution in [3.05, 3.63) is 65.9 Å². The number of nitrogens with zero attached hydrogens (tertiary/aromatic N) is 2. The molecule has 0 saturated carbocycles. The minimum atomic E-state index is -0.826. The summed E-state index contributed by atoms with van der Waals surface area (Å²) in [5, 5.41) is 16.1. The summed E-state index contributed by atoms with van der Waals surface area (Å²) in [7, 11) is 1.58. The minimum absolute atomic E-state index is 0.0939. The van der Waals surface area contributed by atoms with E-state index in [1.54, 1.807) is 18.1 Å². The lowest BCUT2D eigenvalue weighted by atomic mass is 9.90. The standard InChI is InChI=1S/C28H29N5O4/c1-37-24-9-5-8-22-21(24)15-23(32-22)28(36)33-13-11-20(17-6-3-2-4-7-17)25(33)27(35)31-19(16-29)14-18-10-12-30-26(18)34/h2-9,15,18-20,25,32H,10-14H2,1H3,(H,30,34)(H,31,35)/t18-,19-,20+,25-/m0/s1. The molecule has 3 aromatic rings. The Morgan fingerprint density at radius 1 is 1.19 bits per heavy atom. The summed E-state index contributed by atoms with van der Waals surface area (Å²) in [4.78, 5) is 44.2. The Kier molecular flexibility index (Phi) is 6.82. The molecule has 0 aliphatic carbocycles. The van der Waals surface area contributed by atoms with Gasteiger partial charge < -0.3 is 25.3 Å². The third kappa shape index (κ3) is 4.75. The second-order valence-electron chi connectivity index (χ2n) is 9.56. The molecular weight excluding hydrogens is 470 g/mol. The number of aromatic nitrogens is 1. The van der Waals surface area contributed by atoms with Gasteiger partial charge in [-0.2, -0.15) is 5.26 Å². The van der Waals surface area contributed by atoms with E-state index in [2.05, 4.69) is 21.7 Å². The molecule has 1 aromatic heterocycles. The first-order valence-corrected chi connectivity index (χ1v) is 12.5. The maximum absolute atomic E-state index is 13.7.